The van der Waals surface area contributed by atoms with E-state index in [-0.39, 0.29) is 18.9 Å². The molecule has 1 amide bonds. The summed E-state index contributed by atoms with van der Waals surface area (Å²) in [7, 11) is 0. The predicted octanol–water partition coefficient (Wildman–Crippen LogP) is 8.66. The fourth-order valence-corrected chi connectivity index (χ4v) is 11.8. The highest BCUT2D eigenvalue weighted by atomic mass is 16.8. The van der Waals surface area contributed by atoms with Gasteiger partial charge in [-0.3, -0.25) is 4.79 Å². The van der Waals surface area contributed by atoms with Gasteiger partial charge in [-0.1, -0.05) is 237 Å². The van der Waals surface area contributed by atoms with E-state index in [1.807, 2.05) is 6.08 Å². The monoisotopic (exact) mass is 1230 g/mol. The van der Waals surface area contributed by atoms with Gasteiger partial charge in [0, 0.05) is 6.42 Å². The average molecular weight is 1230 g/mol. The Morgan fingerprint density at radius 3 is 1.15 bits per heavy atom. The van der Waals surface area contributed by atoms with Crippen molar-refractivity contribution in [2.45, 2.75) is 369 Å². The topological polar surface area (TPSA) is 307 Å². The Labute approximate surface area is 518 Å². The summed E-state index contributed by atoms with van der Waals surface area (Å²) in [5.41, 5.74) is 0. The lowest BCUT2D eigenvalue weighted by Gasteiger charge is -2.48. The SMILES string of the molecule is CCCCC/C=C\CCCCCCCC(=O)NC(COC1OC(CO)C(OC2OC(CO)C(OC3OC(CO)C(O)C(O)C3O)C(O)C2O)C(O)C1O)C(O)/C=C/CCCCCCCCCCCCCCCCCCCCCCCCCCCCC. The van der Waals surface area contributed by atoms with Crippen LogP contribution in [0.3, 0.4) is 0 Å². The number of carbonyl (C=O) groups is 1. The first-order valence-corrected chi connectivity index (χ1v) is 34.6. The zero-order valence-corrected chi connectivity index (χ0v) is 53.3. The van der Waals surface area contributed by atoms with Gasteiger partial charge in [0.2, 0.25) is 5.91 Å². The molecule has 0 spiro atoms. The van der Waals surface area contributed by atoms with Crippen molar-refractivity contribution in [2.24, 2.45) is 0 Å². The van der Waals surface area contributed by atoms with Crippen LogP contribution < -0.4 is 5.32 Å². The molecule has 17 atom stereocenters. The number of unbranched alkanes of at least 4 members (excludes halogenated alkanes) is 35. The highest BCUT2D eigenvalue weighted by Crippen LogP contribution is 2.33. The van der Waals surface area contributed by atoms with Gasteiger partial charge in [0.25, 0.3) is 0 Å². The lowest BCUT2D eigenvalue weighted by atomic mass is 9.96. The van der Waals surface area contributed by atoms with Crippen molar-refractivity contribution in [3.05, 3.63) is 24.3 Å². The molecule has 19 nitrogen and oxygen atoms in total. The van der Waals surface area contributed by atoms with E-state index < -0.39 is 124 Å². The van der Waals surface area contributed by atoms with Gasteiger partial charge in [0.05, 0.1) is 38.6 Å². The number of hydrogen-bond donors (Lipinski definition) is 12. The van der Waals surface area contributed by atoms with Crippen LogP contribution in [0.4, 0.5) is 0 Å². The highest BCUT2D eigenvalue weighted by Gasteiger charge is 2.53. The Morgan fingerprint density at radius 2 is 0.733 bits per heavy atom. The molecule has 0 bridgehead atoms. The Bertz CT molecular complexity index is 1660. The fraction of sp³-hybridized carbons (Fsp3) is 0.925. The van der Waals surface area contributed by atoms with E-state index >= 15 is 0 Å². The highest BCUT2D eigenvalue weighted by molar-refractivity contribution is 5.76. The Hall–Kier alpha value is -1.73. The van der Waals surface area contributed by atoms with Gasteiger partial charge in [0.15, 0.2) is 18.9 Å². The summed E-state index contributed by atoms with van der Waals surface area (Å²) in [6.07, 6.45) is 29.0. The largest absolute Gasteiger partial charge is 0.394 e. The predicted molar refractivity (Wildman–Crippen MR) is 333 cm³/mol. The third-order valence-electron chi connectivity index (χ3n) is 17.5. The molecular weight excluding hydrogens is 1110 g/mol. The second-order valence-electron chi connectivity index (χ2n) is 25.0. The molecule has 86 heavy (non-hydrogen) atoms. The van der Waals surface area contributed by atoms with Crippen LogP contribution in [0.5, 0.6) is 0 Å². The third-order valence-corrected chi connectivity index (χ3v) is 17.5. The molecule has 19 heteroatoms. The number of amides is 1. The van der Waals surface area contributed by atoms with Gasteiger partial charge in [-0.15, -0.1) is 0 Å². The number of aliphatic hydroxyl groups is 11. The van der Waals surface area contributed by atoms with Crippen molar-refractivity contribution in [1.82, 2.24) is 5.32 Å². The van der Waals surface area contributed by atoms with Gasteiger partial charge in [0.1, 0.15) is 73.2 Å². The van der Waals surface area contributed by atoms with Crippen LogP contribution in [0.2, 0.25) is 0 Å². The van der Waals surface area contributed by atoms with Crippen LogP contribution >= 0.6 is 0 Å². The average Bonchev–Trinajstić information content (AvgIpc) is 1.54. The quantitative estimate of drug-likeness (QED) is 0.0200. The first-order chi connectivity index (χ1) is 41.8. The summed E-state index contributed by atoms with van der Waals surface area (Å²) in [5, 5.41) is 120. The van der Waals surface area contributed by atoms with E-state index in [9.17, 15) is 61.0 Å². The minimum Gasteiger partial charge on any atom is -0.394 e. The fourth-order valence-electron chi connectivity index (χ4n) is 11.8. The molecule has 12 N–H and O–H groups in total. The molecule has 506 valence electrons. The zero-order valence-electron chi connectivity index (χ0n) is 53.3. The minimum atomic E-state index is -1.98. The lowest BCUT2D eigenvalue weighted by Crippen LogP contribution is -2.66. The Morgan fingerprint density at radius 1 is 0.407 bits per heavy atom. The standard InChI is InChI=1S/C67H125NO18/c1-3-5-7-9-11-13-15-17-18-19-20-21-22-23-24-25-26-27-28-29-30-31-32-33-34-36-38-40-42-44-51(72)50(68-55(73)45-43-41-39-37-35-16-14-12-10-8-6-4-2)49-81-65-61(79)58(76)63(53(47-70)83-65)86-67-62(80)59(77)64(54(48-71)84-67)85-66-60(78)57(75)56(74)52(46-69)82-66/h12,14,42,44,50-54,56-67,69-72,74-80H,3-11,13,15-41,43,45-49H2,1-2H3,(H,68,73)/b14-12-,44-42+. The summed E-state index contributed by atoms with van der Waals surface area (Å²) >= 11 is 0. The van der Waals surface area contributed by atoms with E-state index in [2.05, 4.69) is 31.3 Å². The zero-order chi connectivity index (χ0) is 62.6. The van der Waals surface area contributed by atoms with Crippen molar-refractivity contribution in [3.63, 3.8) is 0 Å². The molecule has 3 fully saturated rings. The number of hydrogen-bond acceptors (Lipinski definition) is 18. The molecule has 3 rings (SSSR count). The van der Waals surface area contributed by atoms with Crippen LogP contribution in [0, 0.1) is 0 Å². The normalized spacial score (nSPS) is 28.9. The summed E-state index contributed by atoms with van der Waals surface area (Å²) in [5.74, 6) is -0.284. The number of rotatable bonds is 53. The van der Waals surface area contributed by atoms with Crippen molar-refractivity contribution in [2.75, 3.05) is 26.4 Å². The minimum absolute atomic E-state index is 0.234. The van der Waals surface area contributed by atoms with Gasteiger partial charge in [-0.05, 0) is 44.9 Å². The van der Waals surface area contributed by atoms with Gasteiger partial charge in [-0.25, -0.2) is 0 Å². The second-order valence-corrected chi connectivity index (χ2v) is 25.0. The summed E-state index contributed by atoms with van der Waals surface area (Å²) in [6, 6.07) is -0.975. The van der Waals surface area contributed by atoms with Crippen LogP contribution in [0.1, 0.15) is 264 Å². The lowest BCUT2D eigenvalue weighted by molar-refractivity contribution is -0.379. The maximum atomic E-state index is 13.3. The van der Waals surface area contributed by atoms with Crippen molar-refractivity contribution in [3.8, 4) is 0 Å². The van der Waals surface area contributed by atoms with E-state index in [0.717, 1.165) is 64.2 Å². The van der Waals surface area contributed by atoms with E-state index in [0.29, 0.717) is 6.42 Å². The molecule has 3 aliphatic rings. The van der Waals surface area contributed by atoms with Gasteiger partial charge < -0.3 is 89.9 Å². The molecule has 0 radical (unpaired) electrons. The Balaban J connectivity index is 1.40. The number of ether oxygens (including phenoxy) is 6. The molecular formula is C67H125NO18. The van der Waals surface area contributed by atoms with E-state index in [1.54, 1.807) is 6.08 Å². The summed E-state index contributed by atoms with van der Waals surface area (Å²) in [4.78, 5) is 13.3. The van der Waals surface area contributed by atoms with Gasteiger partial charge >= 0.3 is 0 Å². The van der Waals surface area contributed by atoms with E-state index in [1.165, 1.54) is 173 Å². The number of nitrogens with one attached hydrogen (secondary N) is 1. The maximum absolute atomic E-state index is 13.3. The van der Waals surface area contributed by atoms with Crippen LogP contribution in [0.25, 0.3) is 0 Å². The van der Waals surface area contributed by atoms with Crippen molar-refractivity contribution < 1.29 is 89.4 Å². The smallest absolute Gasteiger partial charge is 0.220 e. The maximum Gasteiger partial charge on any atom is 0.220 e. The molecule has 3 saturated heterocycles. The molecule has 0 saturated carbocycles. The summed E-state index contributed by atoms with van der Waals surface area (Å²) in [6.45, 7) is 1.71. The first-order valence-electron chi connectivity index (χ1n) is 34.6. The first kappa shape index (κ1) is 78.5. The van der Waals surface area contributed by atoms with E-state index in [4.69, 9.17) is 28.4 Å². The molecule has 0 aromatic carbocycles. The summed E-state index contributed by atoms with van der Waals surface area (Å²) < 4.78 is 34.3. The van der Waals surface area contributed by atoms with Crippen LogP contribution in [-0.4, -0.2) is 193 Å². The second kappa shape index (κ2) is 49.9. The van der Waals surface area contributed by atoms with Crippen LogP contribution in [-0.2, 0) is 33.2 Å². The number of carbonyl (C=O) groups excluding carboxylic acids is 1. The molecule has 3 heterocycles. The Kier molecular flexibility index (Phi) is 45.6. The molecule has 0 aromatic heterocycles. The van der Waals surface area contributed by atoms with Gasteiger partial charge in [-0.2, -0.15) is 0 Å². The molecule has 17 unspecified atom stereocenters. The van der Waals surface area contributed by atoms with Crippen molar-refractivity contribution >= 4 is 5.91 Å². The number of allylic oxidation sites excluding steroid dienone is 3. The third kappa shape index (κ3) is 32.0. The molecule has 0 aromatic rings. The molecule has 3 aliphatic heterocycles. The van der Waals surface area contributed by atoms with Crippen molar-refractivity contribution in [1.29, 1.82) is 0 Å². The van der Waals surface area contributed by atoms with Crippen LogP contribution in [0.15, 0.2) is 24.3 Å². The number of aliphatic hydroxyl groups excluding tert-OH is 11. The molecule has 0 aliphatic carbocycles.